The number of benzene rings is 1. The molecule has 0 aliphatic heterocycles. The van der Waals surface area contributed by atoms with Crippen LogP contribution in [-0.2, 0) is 11.4 Å². The van der Waals surface area contributed by atoms with Crippen molar-refractivity contribution >= 4 is 11.9 Å². The van der Waals surface area contributed by atoms with Gasteiger partial charge in [-0.2, -0.15) is 0 Å². The zero-order chi connectivity index (χ0) is 12.8. The van der Waals surface area contributed by atoms with Crippen molar-refractivity contribution in [3.8, 4) is 5.75 Å². The fraction of sp³-hybridized carbons (Fsp3) is 0.273. The van der Waals surface area contributed by atoms with Crippen LogP contribution in [0.4, 0.5) is 4.79 Å². The molecular weight excluding hydrogens is 224 g/mol. The number of aliphatic hydroxyl groups is 1. The first-order valence-corrected chi connectivity index (χ1v) is 4.96. The van der Waals surface area contributed by atoms with Gasteiger partial charge in [0.25, 0.3) is 5.91 Å². The lowest BCUT2D eigenvalue weighted by Crippen LogP contribution is -2.38. The summed E-state index contributed by atoms with van der Waals surface area (Å²) in [5.74, 6) is -0.195. The van der Waals surface area contributed by atoms with Gasteiger partial charge in [0.2, 0.25) is 0 Å². The van der Waals surface area contributed by atoms with E-state index in [-0.39, 0.29) is 13.2 Å². The molecule has 6 nitrogen and oxygen atoms in total. The molecule has 0 bridgehead atoms. The number of imide groups is 1. The maximum absolute atomic E-state index is 11.1. The topological polar surface area (TPSA) is 102 Å². The minimum absolute atomic E-state index is 0.186. The summed E-state index contributed by atoms with van der Waals surface area (Å²) in [6.45, 7) is 1.27. The summed E-state index contributed by atoms with van der Waals surface area (Å²) in [6, 6.07) is 4.33. The Morgan fingerprint density at radius 1 is 1.47 bits per heavy atom. The molecule has 0 saturated heterocycles. The van der Waals surface area contributed by atoms with Crippen molar-refractivity contribution in [1.82, 2.24) is 5.32 Å². The predicted octanol–water partition coefficient (Wildman–Crippen LogP) is 0.0610. The molecule has 0 atom stereocenters. The number of aryl methyl sites for hydroxylation is 1. The number of para-hydroxylation sites is 1. The monoisotopic (exact) mass is 238 g/mol. The Hall–Kier alpha value is -2.08. The lowest BCUT2D eigenvalue weighted by Gasteiger charge is -2.12. The van der Waals surface area contributed by atoms with E-state index in [2.05, 4.69) is 0 Å². The minimum Gasteiger partial charge on any atom is -0.483 e. The van der Waals surface area contributed by atoms with Crippen LogP contribution in [0.25, 0.3) is 0 Å². The van der Waals surface area contributed by atoms with Crippen LogP contribution in [0.5, 0.6) is 5.75 Å². The van der Waals surface area contributed by atoms with Crippen molar-refractivity contribution < 1.29 is 19.4 Å². The van der Waals surface area contributed by atoms with Gasteiger partial charge >= 0.3 is 6.03 Å². The first-order chi connectivity index (χ1) is 8.04. The van der Waals surface area contributed by atoms with Crippen LogP contribution in [0.2, 0.25) is 0 Å². The van der Waals surface area contributed by atoms with Crippen molar-refractivity contribution in [2.75, 3.05) is 6.61 Å². The summed E-state index contributed by atoms with van der Waals surface area (Å²) in [7, 11) is 0. The minimum atomic E-state index is -0.925. The van der Waals surface area contributed by atoms with Crippen molar-refractivity contribution in [3.63, 3.8) is 0 Å². The van der Waals surface area contributed by atoms with Gasteiger partial charge in [-0.05, 0) is 12.5 Å². The van der Waals surface area contributed by atoms with Crippen LogP contribution in [0.15, 0.2) is 18.2 Å². The van der Waals surface area contributed by atoms with E-state index < -0.39 is 11.9 Å². The third-order valence-corrected chi connectivity index (χ3v) is 2.07. The standard InChI is InChI=1S/C11H14N2O4/c1-7-3-2-4-8(5-14)10(7)17-6-9(15)13-11(12)16/h2-4,14H,5-6H2,1H3,(H3,12,13,15,16). The zero-order valence-electron chi connectivity index (χ0n) is 9.40. The van der Waals surface area contributed by atoms with Crippen molar-refractivity contribution in [2.45, 2.75) is 13.5 Å². The molecule has 1 aromatic carbocycles. The summed E-state index contributed by atoms with van der Waals surface area (Å²) in [4.78, 5) is 21.5. The van der Waals surface area contributed by atoms with Crippen molar-refractivity contribution in [3.05, 3.63) is 29.3 Å². The SMILES string of the molecule is Cc1cccc(CO)c1OCC(=O)NC(N)=O. The molecule has 0 heterocycles. The quantitative estimate of drug-likeness (QED) is 0.690. The third-order valence-electron chi connectivity index (χ3n) is 2.07. The van der Waals surface area contributed by atoms with Crippen LogP contribution in [0.1, 0.15) is 11.1 Å². The van der Waals surface area contributed by atoms with Gasteiger partial charge in [-0.25, -0.2) is 4.79 Å². The summed E-state index contributed by atoms with van der Waals surface area (Å²) in [6.07, 6.45) is 0. The molecule has 0 unspecified atom stereocenters. The molecule has 0 aromatic heterocycles. The van der Waals surface area contributed by atoms with Crippen molar-refractivity contribution in [2.24, 2.45) is 5.73 Å². The molecule has 1 rings (SSSR count). The Labute approximate surface area is 98.4 Å². The maximum Gasteiger partial charge on any atom is 0.318 e. The number of hydrogen-bond donors (Lipinski definition) is 3. The molecule has 0 saturated carbocycles. The number of ether oxygens (including phenoxy) is 1. The molecule has 0 fully saturated rings. The number of nitrogens with one attached hydrogen (secondary N) is 1. The second kappa shape index (κ2) is 5.86. The highest BCUT2D eigenvalue weighted by Gasteiger charge is 2.09. The van der Waals surface area contributed by atoms with Gasteiger partial charge in [-0.1, -0.05) is 18.2 Å². The third kappa shape index (κ3) is 3.76. The molecule has 0 spiro atoms. The number of urea groups is 1. The highest BCUT2D eigenvalue weighted by Crippen LogP contribution is 2.23. The first-order valence-electron chi connectivity index (χ1n) is 4.96. The van der Waals surface area contributed by atoms with E-state index in [1.54, 1.807) is 25.1 Å². The molecular formula is C11H14N2O4. The van der Waals surface area contributed by atoms with Crippen LogP contribution in [0, 0.1) is 6.92 Å². The second-order valence-electron chi connectivity index (χ2n) is 3.42. The predicted molar refractivity (Wildman–Crippen MR) is 60.3 cm³/mol. The normalized spacial score (nSPS) is 9.76. The van der Waals surface area contributed by atoms with Gasteiger partial charge in [-0.15, -0.1) is 0 Å². The van der Waals surface area contributed by atoms with Crippen LogP contribution in [-0.4, -0.2) is 23.7 Å². The number of hydrogen-bond acceptors (Lipinski definition) is 4. The summed E-state index contributed by atoms with van der Waals surface area (Å²) >= 11 is 0. The Morgan fingerprint density at radius 2 is 2.18 bits per heavy atom. The van der Waals surface area contributed by atoms with Gasteiger partial charge in [0.15, 0.2) is 6.61 Å². The molecule has 0 aliphatic carbocycles. The van der Waals surface area contributed by atoms with Gasteiger partial charge in [0, 0.05) is 5.56 Å². The van der Waals surface area contributed by atoms with E-state index in [0.29, 0.717) is 11.3 Å². The van der Waals surface area contributed by atoms with E-state index in [1.165, 1.54) is 0 Å². The van der Waals surface area contributed by atoms with Gasteiger partial charge in [0.05, 0.1) is 6.61 Å². The number of nitrogens with two attached hydrogens (primary N) is 1. The number of aliphatic hydroxyl groups excluding tert-OH is 1. The van der Waals surface area contributed by atoms with Gasteiger partial charge in [-0.3, -0.25) is 10.1 Å². The Balaban J connectivity index is 2.68. The average Bonchev–Trinajstić information content (AvgIpc) is 2.26. The average molecular weight is 238 g/mol. The van der Waals surface area contributed by atoms with E-state index in [0.717, 1.165) is 5.56 Å². The fourth-order valence-electron chi connectivity index (χ4n) is 1.36. The van der Waals surface area contributed by atoms with Crippen LogP contribution in [0.3, 0.4) is 0 Å². The Kier molecular flexibility index (Phi) is 4.47. The number of carbonyl (C=O) groups is 2. The zero-order valence-corrected chi connectivity index (χ0v) is 9.40. The largest absolute Gasteiger partial charge is 0.483 e. The van der Waals surface area contributed by atoms with E-state index in [9.17, 15) is 9.59 Å². The highest BCUT2D eigenvalue weighted by atomic mass is 16.5. The lowest BCUT2D eigenvalue weighted by molar-refractivity contribution is -0.121. The fourth-order valence-corrected chi connectivity index (χ4v) is 1.36. The highest BCUT2D eigenvalue weighted by molar-refractivity contribution is 5.94. The summed E-state index contributed by atoms with van der Waals surface area (Å²) < 4.78 is 5.24. The second-order valence-corrected chi connectivity index (χ2v) is 3.42. The molecule has 0 aliphatic rings. The molecule has 92 valence electrons. The molecule has 1 aromatic rings. The first kappa shape index (κ1) is 13.0. The smallest absolute Gasteiger partial charge is 0.318 e. The van der Waals surface area contributed by atoms with Crippen LogP contribution < -0.4 is 15.8 Å². The summed E-state index contributed by atoms with van der Waals surface area (Å²) in [5, 5.41) is 11.0. The number of rotatable bonds is 4. The van der Waals surface area contributed by atoms with E-state index in [1.807, 2.05) is 5.32 Å². The van der Waals surface area contributed by atoms with Crippen LogP contribution >= 0.6 is 0 Å². The maximum atomic E-state index is 11.1. The van der Waals surface area contributed by atoms with E-state index >= 15 is 0 Å². The Bertz CT molecular complexity index is 431. The Morgan fingerprint density at radius 3 is 2.76 bits per heavy atom. The van der Waals surface area contributed by atoms with Gasteiger partial charge in [0.1, 0.15) is 5.75 Å². The van der Waals surface area contributed by atoms with E-state index in [4.69, 9.17) is 15.6 Å². The van der Waals surface area contributed by atoms with Gasteiger partial charge < -0.3 is 15.6 Å². The number of amides is 3. The number of primary amides is 1. The van der Waals surface area contributed by atoms with Crippen molar-refractivity contribution in [1.29, 1.82) is 0 Å². The summed E-state index contributed by atoms with van der Waals surface area (Å²) in [5.41, 5.74) is 6.16. The molecule has 4 N–H and O–H groups in total. The number of carbonyl (C=O) groups excluding carboxylic acids is 2. The molecule has 3 amide bonds. The molecule has 0 radical (unpaired) electrons. The lowest BCUT2D eigenvalue weighted by atomic mass is 10.1. The molecule has 17 heavy (non-hydrogen) atoms. The molecule has 6 heteroatoms.